The van der Waals surface area contributed by atoms with Gasteiger partial charge in [-0.1, -0.05) is 17.7 Å². The molecule has 0 heteroatoms. The normalized spacial score (nSPS) is 21.2. The first-order valence-corrected chi connectivity index (χ1v) is 3.87. The van der Waals surface area contributed by atoms with E-state index < -0.39 is 0 Å². The Morgan fingerprint density at radius 3 is 1.80 bits per heavy atom. The molecule has 0 radical (unpaired) electrons. The molecule has 0 atom stereocenters. The van der Waals surface area contributed by atoms with Crippen molar-refractivity contribution < 1.29 is 0 Å². The molecule has 1 fully saturated rings. The lowest BCUT2D eigenvalue weighted by molar-refractivity contribution is 1.04. The Labute approximate surface area is 61.9 Å². The highest BCUT2D eigenvalue weighted by Gasteiger charge is 2.22. The molecule has 0 spiro atoms. The average molecular weight is 132 g/mol. The minimum Gasteiger partial charge on any atom is -0.0686 e. The van der Waals surface area contributed by atoms with Crippen LogP contribution in [-0.4, -0.2) is 0 Å². The lowest BCUT2D eigenvalue weighted by atomic mass is 10.1. The molecule has 2 rings (SSSR count). The van der Waals surface area contributed by atoms with Crippen LogP contribution in [0.5, 0.6) is 0 Å². The van der Waals surface area contributed by atoms with Gasteiger partial charge in [-0.25, -0.2) is 0 Å². The van der Waals surface area contributed by atoms with Crippen molar-refractivity contribution in [2.45, 2.75) is 26.7 Å². The van der Waals surface area contributed by atoms with Gasteiger partial charge in [0.05, 0.1) is 0 Å². The SMILES string of the molecule is CC(C)=C1C2=CC=C1CC2. The van der Waals surface area contributed by atoms with Crippen LogP contribution in [0.25, 0.3) is 0 Å². The van der Waals surface area contributed by atoms with Gasteiger partial charge in [0.1, 0.15) is 0 Å². The van der Waals surface area contributed by atoms with Gasteiger partial charge in [-0.05, 0) is 43.4 Å². The fourth-order valence-corrected chi connectivity index (χ4v) is 1.90. The van der Waals surface area contributed by atoms with Crippen LogP contribution in [0.4, 0.5) is 0 Å². The van der Waals surface area contributed by atoms with Crippen molar-refractivity contribution in [1.82, 2.24) is 0 Å². The van der Waals surface area contributed by atoms with Crippen LogP contribution < -0.4 is 0 Å². The van der Waals surface area contributed by atoms with E-state index in [1.165, 1.54) is 18.4 Å². The minimum atomic E-state index is 1.28. The van der Waals surface area contributed by atoms with Gasteiger partial charge in [-0.3, -0.25) is 0 Å². The molecule has 1 saturated carbocycles. The molecule has 0 saturated heterocycles. The van der Waals surface area contributed by atoms with Gasteiger partial charge >= 0.3 is 0 Å². The van der Waals surface area contributed by atoms with Gasteiger partial charge in [-0.2, -0.15) is 0 Å². The first-order valence-electron chi connectivity index (χ1n) is 3.87. The molecule has 0 heterocycles. The minimum absolute atomic E-state index is 1.28. The number of hydrogen-bond donors (Lipinski definition) is 0. The fraction of sp³-hybridized carbons (Fsp3) is 0.400. The lowest BCUT2D eigenvalue weighted by Crippen LogP contribution is -1.79. The predicted octanol–water partition coefficient (Wildman–Crippen LogP) is 2.98. The standard InChI is InChI=1S/C10H12/c1-7(2)10-8-3-4-9(10)6-5-8/h3-4H,5-6H2,1-2H3. The predicted molar refractivity (Wildman–Crippen MR) is 43.8 cm³/mol. The molecule has 0 amide bonds. The Morgan fingerprint density at radius 1 is 1.10 bits per heavy atom. The molecule has 0 aliphatic heterocycles. The van der Waals surface area contributed by atoms with Gasteiger partial charge in [-0.15, -0.1) is 0 Å². The first-order chi connectivity index (χ1) is 4.79. The maximum Gasteiger partial charge on any atom is -0.0206 e. The van der Waals surface area contributed by atoms with Crippen molar-refractivity contribution in [3.63, 3.8) is 0 Å². The van der Waals surface area contributed by atoms with Gasteiger partial charge in [0.15, 0.2) is 0 Å². The van der Waals surface area contributed by atoms with Crippen LogP contribution in [0, 0.1) is 0 Å². The summed E-state index contributed by atoms with van der Waals surface area (Å²) in [5.74, 6) is 0. The molecule has 0 aromatic carbocycles. The van der Waals surface area contributed by atoms with E-state index >= 15 is 0 Å². The van der Waals surface area contributed by atoms with E-state index in [1.807, 2.05) is 0 Å². The Balaban J connectivity index is 2.54. The summed E-state index contributed by atoms with van der Waals surface area (Å²) in [4.78, 5) is 0. The number of hydrogen-bond acceptors (Lipinski definition) is 0. The van der Waals surface area contributed by atoms with E-state index in [0.717, 1.165) is 0 Å². The summed E-state index contributed by atoms with van der Waals surface area (Å²) in [6.45, 7) is 4.40. The molecule has 0 unspecified atom stereocenters. The van der Waals surface area contributed by atoms with Crippen LogP contribution in [0.3, 0.4) is 0 Å². The van der Waals surface area contributed by atoms with Gasteiger partial charge in [0.2, 0.25) is 0 Å². The quantitative estimate of drug-likeness (QED) is 0.475. The third-order valence-electron chi connectivity index (χ3n) is 2.29. The maximum atomic E-state index is 2.27. The number of fused-ring (bicyclic) bond motifs is 2. The number of rotatable bonds is 0. The number of allylic oxidation sites excluding steroid dienone is 6. The highest BCUT2D eigenvalue weighted by Crippen LogP contribution is 2.41. The van der Waals surface area contributed by atoms with Crippen molar-refractivity contribution in [1.29, 1.82) is 0 Å². The second kappa shape index (κ2) is 1.85. The summed E-state index contributed by atoms with van der Waals surface area (Å²) < 4.78 is 0. The molecule has 2 bridgehead atoms. The largest absolute Gasteiger partial charge is 0.0686 e. The summed E-state index contributed by atoms with van der Waals surface area (Å²) in [5.41, 5.74) is 6.16. The van der Waals surface area contributed by atoms with Crippen molar-refractivity contribution >= 4 is 0 Å². The lowest BCUT2D eigenvalue weighted by Gasteiger charge is -1.98. The zero-order valence-electron chi connectivity index (χ0n) is 6.57. The molecule has 0 nitrogen and oxygen atoms in total. The van der Waals surface area contributed by atoms with E-state index in [4.69, 9.17) is 0 Å². The highest BCUT2D eigenvalue weighted by molar-refractivity contribution is 5.60. The van der Waals surface area contributed by atoms with E-state index in [2.05, 4.69) is 26.0 Å². The van der Waals surface area contributed by atoms with Crippen LogP contribution in [0.2, 0.25) is 0 Å². The summed E-state index contributed by atoms with van der Waals surface area (Å²) in [6, 6.07) is 0. The molecule has 0 aromatic rings. The van der Waals surface area contributed by atoms with E-state index in [9.17, 15) is 0 Å². The fourth-order valence-electron chi connectivity index (χ4n) is 1.90. The summed E-state index contributed by atoms with van der Waals surface area (Å²) in [7, 11) is 0. The molecule has 10 heavy (non-hydrogen) atoms. The van der Waals surface area contributed by atoms with Crippen LogP contribution >= 0.6 is 0 Å². The summed E-state index contributed by atoms with van der Waals surface area (Å²) in [6.07, 6.45) is 7.10. The highest BCUT2D eigenvalue weighted by atomic mass is 14.3. The zero-order chi connectivity index (χ0) is 7.14. The van der Waals surface area contributed by atoms with Crippen molar-refractivity contribution in [2.24, 2.45) is 0 Å². The summed E-state index contributed by atoms with van der Waals surface area (Å²) in [5, 5.41) is 0. The van der Waals surface area contributed by atoms with Crippen LogP contribution in [0.1, 0.15) is 26.7 Å². The van der Waals surface area contributed by atoms with Gasteiger partial charge in [0, 0.05) is 0 Å². The smallest absolute Gasteiger partial charge is 0.0206 e. The topological polar surface area (TPSA) is 0 Å². The Kier molecular flexibility index (Phi) is 1.10. The van der Waals surface area contributed by atoms with Crippen molar-refractivity contribution in [3.8, 4) is 0 Å². The molecule has 0 N–H and O–H groups in total. The first kappa shape index (κ1) is 5.96. The Morgan fingerprint density at radius 2 is 1.60 bits per heavy atom. The third-order valence-corrected chi connectivity index (χ3v) is 2.29. The van der Waals surface area contributed by atoms with Crippen LogP contribution in [0.15, 0.2) is 34.4 Å². The second-order valence-electron chi connectivity index (χ2n) is 3.26. The van der Waals surface area contributed by atoms with E-state index in [1.54, 1.807) is 16.7 Å². The third kappa shape index (κ3) is 0.620. The molecular formula is C10H12. The molecule has 2 aliphatic carbocycles. The van der Waals surface area contributed by atoms with E-state index in [-0.39, 0.29) is 0 Å². The Hall–Kier alpha value is -0.780. The Bertz CT molecular complexity index is 232. The second-order valence-corrected chi connectivity index (χ2v) is 3.26. The monoisotopic (exact) mass is 132 g/mol. The molecule has 52 valence electrons. The van der Waals surface area contributed by atoms with E-state index in [0.29, 0.717) is 0 Å². The van der Waals surface area contributed by atoms with Crippen molar-refractivity contribution in [3.05, 3.63) is 34.4 Å². The maximum absolute atomic E-state index is 2.27. The van der Waals surface area contributed by atoms with Gasteiger partial charge in [0.25, 0.3) is 0 Å². The summed E-state index contributed by atoms with van der Waals surface area (Å²) >= 11 is 0. The molecular weight excluding hydrogens is 120 g/mol. The zero-order valence-corrected chi connectivity index (χ0v) is 6.57. The average Bonchev–Trinajstić information content (AvgIpc) is 2.43. The molecule has 0 aromatic heterocycles. The van der Waals surface area contributed by atoms with Gasteiger partial charge < -0.3 is 0 Å². The van der Waals surface area contributed by atoms with Crippen molar-refractivity contribution in [2.75, 3.05) is 0 Å². The molecule has 2 aliphatic rings. The van der Waals surface area contributed by atoms with Crippen LogP contribution in [-0.2, 0) is 0 Å².